The molecule has 0 spiro atoms. The topological polar surface area (TPSA) is 80.1 Å². The van der Waals surface area contributed by atoms with Gasteiger partial charge in [-0.2, -0.15) is 5.26 Å². The summed E-state index contributed by atoms with van der Waals surface area (Å²) in [6.07, 6.45) is 3.24. The van der Waals surface area contributed by atoms with Crippen LogP contribution in [0.1, 0.15) is 28.4 Å². The van der Waals surface area contributed by atoms with Gasteiger partial charge in [-0.25, -0.2) is 15.4 Å². The number of piperazine rings is 1. The van der Waals surface area contributed by atoms with Crippen LogP contribution in [0.4, 0.5) is 5.82 Å². The van der Waals surface area contributed by atoms with Gasteiger partial charge in [-0.15, -0.1) is 0 Å². The van der Waals surface area contributed by atoms with Gasteiger partial charge in [-0.1, -0.05) is 23.8 Å². The van der Waals surface area contributed by atoms with E-state index in [1.807, 2.05) is 0 Å². The number of hydrogen-bond donors (Lipinski definition) is 2. The van der Waals surface area contributed by atoms with Gasteiger partial charge >= 0.3 is 0 Å². The Bertz CT molecular complexity index is 867. The summed E-state index contributed by atoms with van der Waals surface area (Å²) in [7, 11) is 0. The molecule has 28 heavy (non-hydrogen) atoms. The third-order valence-corrected chi connectivity index (χ3v) is 5.81. The lowest BCUT2D eigenvalue weighted by atomic mass is 9.90. The van der Waals surface area contributed by atoms with Gasteiger partial charge in [0.1, 0.15) is 6.07 Å². The normalized spacial score (nSPS) is 23.0. The summed E-state index contributed by atoms with van der Waals surface area (Å²) in [5.74, 6) is 1.24. The summed E-state index contributed by atoms with van der Waals surface area (Å²) in [6.45, 7) is 10.1. The van der Waals surface area contributed by atoms with Crippen molar-refractivity contribution in [1.29, 1.82) is 5.26 Å². The molecule has 2 fully saturated rings. The van der Waals surface area contributed by atoms with E-state index >= 15 is 0 Å². The largest absolute Gasteiger partial charge is 0.352 e. The first-order valence-corrected chi connectivity index (χ1v) is 9.89. The van der Waals surface area contributed by atoms with E-state index in [0.29, 0.717) is 23.5 Å². The minimum absolute atomic E-state index is 0.336. The number of aromatic nitrogens is 2. The fourth-order valence-electron chi connectivity index (χ4n) is 4.25. The molecule has 1 aromatic heterocycles. The standard InChI is InChI=1S/C21H27N7/c1-15-3-4-16(2)18(11-15)20-17(13-25-26-20)14-27-7-9-28(10-8-27)21-19(12-22)23-5-6-24-21/h3-6,11,17,20,25-26H,7-10,13-14H2,1-2H3. The van der Waals surface area contributed by atoms with E-state index in [2.05, 4.69) is 68.7 Å². The number of hydrogen-bond acceptors (Lipinski definition) is 7. The first-order valence-electron chi connectivity index (χ1n) is 9.89. The van der Waals surface area contributed by atoms with Crippen molar-refractivity contribution < 1.29 is 0 Å². The highest BCUT2D eigenvalue weighted by Gasteiger charge is 2.32. The molecule has 2 aliphatic heterocycles. The zero-order chi connectivity index (χ0) is 19.5. The molecule has 2 atom stereocenters. The molecule has 4 rings (SSSR count). The third-order valence-electron chi connectivity index (χ3n) is 5.81. The SMILES string of the molecule is Cc1ccc(C)c(C2NNCC2CN2CCN(c3nccnc3C#N)CC2)c1. The molecule has 7 nitrogen and oxygen atoms in total. The molecule has 2 saturated heterocycles. The number of anilines is 1. The van der Waals surface area contributed by atoms with Crippen LogP contribution >= 0.6 is 0 Å². The molecule has 2 aromatic rings. The Hall–Kier alpha value is -2.53. The van der Waals surface area contributed by atoms with Crippen LogP contribution in [0.25, 0.3) is 0 Å². The lowest BCUT2D eigenvalue weighted by Gasteiger charge is -2.37. The maximum atomic E-state index is 9.27. The second kappa shape index (κ2) is 8.23. The lowest BCUT2D eigenvalue weighted by molar-refractivity contribution is 0.214. The summed E-state index contributed by atoms with van der Waals surface area (Å²) in [5.41, 5.74) is 11.3. The average molecular weight is 377 g/mol. The summed E-state index contributed by atoms with van der Waals surface area (Å²) in [6, 6.07) is 9.19. The molecule has 0 amide bonds. The molecule has 0 saturated carbocycles. The summed E-state index contributed by atoms with van der Waals surface area (Å²) in [5, 5.41) is 9.27. The highest BCUT2D eigenvalue weighted by atomic mass is 15.4. The Balaban J connectivity index is 1.39. The number of rotatable bonds is 4. The highest BCUT2D eigenvalue weighted by molar-refractivity contribution is 5.49. The quantitative estimate of drug-likeness (QED) is 0.837. The molecule has 2 N–H and O–H groups in total. The van der Waals surface area contributed by atoms with Crippen LogP contribution in [0.5, 0.6) is 0 Å². The van der Waals surface area contributed by atoms with E-state index in [-0.39, 0.29) is 0 Å². The Labute approximate surface area is 166 Å². The molecule has 2 unspecified atom stereocenters. The first-order chi connectivity index (χ1) is 13.7. The van der Waals surface area contributed by atoms with Crippen LogP contribution in [0.3, 0.4) is 0 Å². The highest BCUT2D eigenvalue weighted by Crippen LogP contribution is 2.29. The minimum atomic E-state index is 0.336. The van der Waals surface area contributed by atoms with Crippen molar-refractivity contribution in [1.82, 2.24) is 25.7 Å². The van der Waals surface area contributed by atoms with Crippen LogP contribution in [0, 0.1) is 31.1 Å². The van der Waals surface area contributed by atoms with E-state index in [9.17, 15) is 5.26 Å². The van der Waals surface area contributed by atoms with Crippen molar-refractivity contribution in [2.45, 2.75) is 19.9 Å². The van der Waals surface area contributed by atoms with Gasteiger partial charge in [0, 0.05) is 57.6 Å². The Kier molecular flexibility index (Phi) is 5.53. The van der Waals surface area contributed by atoms with Crippen molar-refractivity contribution in [3.05, 3.63) is 53.0 Å². The molecule has 3 heterocycles. The molecule has 7 heteroatoms. The molecule has 2 aliphatic rings. The van der Waals surface area contributed by atoms with E-state index in [1.54, 1.807) is 12.4 Å². The van der Waals surface area contributed by atoms with Gasteiger partial charge in [-0.05, 0) is 25.0 Å². The Morgan fingerprint density at radius 1 is 1.14 bits per heavy atom. The average Bonchev–Trinajstić information content (AvgIpc) is 3.18. The molecule has 0 aliphatic carbocycles. The van der Waals surface area contributed by atoms with Crippen molar-refractivity contribution in [2.24, 2.45) is 5.92 Å². The second-order valence-corrected chi connectivity index (χ2v) is 7.75. The van der Waals surface area contributed by atoms with Crippen molar-refractivity contribution in [3.63, 3.8) is 0 Å². The van der Waals surface area contributed by atoms with Crippen molar-refractivity contribution in [3.8, 4) is 6.07 Å². The summed E-state index contributed by atoms with van der Waals surface area (Å²) >= 11 is 0. The number of benzene rings is 1. The molecule has 1 aromatic carbocycles. The van der Waals surface area contributed by atoms with Gasteiger partial charge in [0.05, 0.1) is 6.04 Å². The molecule has 0 bridgehead atoms. The fraction of sp³-hybridized carbons (Fsp3) is 0.476. The maximum Gasteiger partial charge on any atom is 0.183 e. The number of aryl methyl sites for hydroxylation is 2. The maximum absolute atomic E-state index is 9.27. The van der Waals surface area contributed by atoms with Crippen LogP contribution < -0.4 is 15.8 Å². The van der Waals surface area contributed by atoms with Crippen LogP contribution in [0.2, 0.25) is 0 Å². The number of nitrogens with one attached hydrogen (secondary N) is 2. The summed E-state index contributed by atoms with van der Waals surface area (Å²) < 4.78 is 0. The fourth-order valence-corrected chi connectivity index (χ4v) is 4.25. The third kappa shape index (κ3) is 3.85. The Morgan fingerprint density at radius 2 is 1.93 bits per heavy atom. The molecular formula is C21H27N7. The predicted octanol–water partition coefficient (Wildman–Crippen LogP) is 1.55. The predicted molar refractivity (Wildman–Crippen MR) is 109 cm³/mol. The minimum Gasteiger partial charge on any atom is -0.352 e. The smallest absolute Gasteiger partial charge is 0.183 e. The van der Waals surface area contributed by atoms with E-state index in [0.717, 1.165) is 39.3 Å². The monoisotopic (exact) mass is 377 g/mol. The van der Waals surface area contributed by atoms with E-state index in [4.69, 9.17) is 0 Å². The lowest BCUT2D eigenvalue weighted by Crippen LogP contribution is -2.49. The first kappa shape index (κ1) is 18.8. The van der Waals surface area contributed by atoms with E-state index in [1.165, 1.54) is 16.7 Å². The van der Waals surface area contributed by atoms with E-state index < -0.39 is 0 Å². The molecule has 0 radical (unpaired) electrons. The summed E-state index contributed by atoms with van der Waals surface area (Å²) in [4.78, 5) is 13.2. The van der Waals surface area contributed by atoms with Crippen LogP contribution in [-0.4, -0.2) is 54.1 Å². The van der Waals surface area contributed by atoms with Crippen LogP contribution in [0.15, 0.2) is 30.6 Å². The zero-order valence-electron chi connectivity index (χ0n) is 16.5. The van der Waals surface area contributed by atoms with Gasteiger partial charge in [-0.3, -0.25) is 10.3 Å². The van der Waals surface area contributed by atoms with Gasteiger partial charge in [0.15, 0.2) is 11.5 Å². The van der Waals surface area contributed by atoms with Crippen LogP contribution in [-0.2, 0) is 0 Å². The zero-order valence-corrected chi connectivity index (χ0v) is 16.5. The van der Waals surface area contributed by atoms with Crippen molar-refractivity contribution >= 4 is 5.82 Å². The number of nitrogens with zero attached hydrogens (tertiary/aromatic N) is 5. The van der Waals surface area contributed by atoms with Gasteiger partial charge in [0.25, 0.3) is 0 Å². The molecule has 146 valence electrons. The van der Waals surface area contributed by atoms with Gasteiger partial charge in [0.2, 0.25) is 0 Å². The Morgan fingerprint density at radius 3 is 2.71 bits per heavy atom. The van der Waals surface area contributed by atoms with Crippen molar-refractivity contribution in [2.75, 3.05) is 44.2 Å². The van der Waals surface area contributed by atoms with Gasteiger partial charge < -0.3 is 4.90 Å². The molecular weight excluding hydrogens is 350 g/mol. The number of nitriles is 1. The second-order valence-electron chi connectivity index (χ2n) is 7.75. The number of hydrazine groups is 1.